The number of hydrogen-bond donors (Lipinski definition) is 1. The Hall–Kier alpha value is -2.37. The van der Waals surface area contributed by atoms with Crippen molar-refractivity contribution in [3.63, 3.8) is 0 Å². The third kappa shape index (κ3) is 7.47. The van der Waals surface area contributed by atoms with Crippen molar-refractivity contribution in [2.24, 2.45) is 0 Å². The lowest BCUT2D eigenvalue weighted by atomic mass is 10.2. The van der Waals surface area contributed by atoms with Crippen molar-refractivity contribution in [2.75, 3.05) is 19.7 Å². The zero-order valence-corrected chi connectivity index (χ0v) is 16.6. The summed E-state index contributed by atoms with van der Waals surface area (Å²) in [5.74, 6) is 0.619. The molecule has 0 aliphatic carbocycles. The summed E-state index contributed by atoms with van der Waals surface area (Å²) in [6.07, 6.45) is -1.12. The van der Waals surface area contributed by atoms with E-state index < -0.39 is 16.8 Å². The molecule has 3 rings (SSSR count). The summed E-state index contributed by atoms with van der Waals surface area (Å²) < 4.78 is 61.7. The molecular weight excluding hydrogens is 428 g/mol. The largest absolute Gasteiger partial charge is 0.484 e. The number of hydrogen-bond acceptors (Lipinski definition) is 6. The lowest BCUT2D eigenvalue weighted by Crippen LogP contribution is -2.32. The third-order valence-corrected chi connectivity index (χ3v) is 4.63. The molecule has 0 spiro atoms. The van der Waals surface area contributed by atoms with Crippen LogP contribution in [0.1, 0.15) is 24.0 Å². The van der Waals surface area contributed by atoms with E-state index >= 15 is 0 Å². The van der Waals surface area contributed by atoms with Gasteiger partial charge in [-0.3, -0.25) is 4.79 Å². The predicted octanol–water partition coefficient (Wildman–Crippen LogP) is 4.75. The van der Waals surface area contributed by atoms with Crippen molar-refractivity contribution >= 4 is 17.9 Å². The molecule has 0 saturated carbocycles. The van der Waals surface area contributed by atoms with Crippen LogP contribution in [0.4, 0.5) is 17.7 Å². The molecule has 0 atom stereocenters. The van der Waals surface area contributed by atoms with Crippen molar-refractivity contribution in [1.29, 1.82) is 0 Å². The van der Waals surface area contributed by atoms with Crippen LogP contribution in [-0.4, -0.2) is 40.0 Å². The molecule has 1 aliphatic heterocycles. The van der Waals surface area contributed by atoms with Crippen LogP contribution in [0.5, 0.6) is 5.75 Å². The van der Waals surface area contributed by atoms with Crippen LogP contribution < -0.4 is 4.74 Å². The number of carbonyl (C=O) groups is 1. The minimum absolute atomic E-state index is 0.00882. The van der Waals surface area contributed by atoms with Gasteiger partial charge in [0.1, 0.15) is 17.4 Å². The Bertz CT molecular complexity index is 800. The van der Waals surface area contributed by atoms with E-state index in [-0.39, 0.29) is 31.2 Å². The lowest BCUT2D eigenvalue weighted by Gasteiger charge is -2.15. The first kappa shape index (κ1) is 23.9. The molecule has 11 heteroatoms. The van der Waals surface area contributed by atoms with Crippen LogP contribution in [0.2, 0.25) is 0 Å². The Morgan fingerprint density at radius 3 is 2.37 bits per heavy atom. The molecule has 1 amide bonds. The zero-order valence-electron chi connectivity index (χ0n) is 15.8. The van der Waals surface area contributed by atoms with Gasteiger partial charge in [0, 0.05) is 31.3 Å². The standard InChI is InChI=1S/C13H16FNO3.C6H4F3NOS/c14-18-9-11-3-5-12(6-4-11)17-10-13(16)15-7-1-2-8-15;7-6(8,9)4-2-1-3-10-5(4)12-11/h3-6H,1-2,7-10H2;1-3,11H. The van der Waals surface area contributed by atoms with Gasteiger partial charge in [-0.05, 0) is 47.2 Å². The minimum atomic E-state index is -4.46. The highest BCUT2D eigenvalue weighted by molar-refractivity contribution is 7.93. The van der Waals surface area contributed by atoms with Gasteiger partial charge in [0.2, 0.25) is 0 Å². The van der Waals surface area contributed by atoms with Crippen LogP contribution in [0.3, 0.4) is 0 Å². The van der Waals surface area contributed by atoms with Crippen molar-refractivity contribution < 1.29 is 36.7 Å². The monoisotopic (exact) mass is 448 g/mol. The van der Waals surface area contributed by atoms with E-state index in [9.17, 15) is 22.5 Å². The average Bonchev–Trinajstić information content (AvgIpc) is 3.28. The van der Waals surface area contributed by atoms with Crippen molar-refractivity contribution in [3.8, 4) is 5.75 Å². The van der Waals surface area contributed by atoms with Gasteiger partial charge in [0.15, 0.2) is 6.61 Å². The fourth-order valence-corrected chi connectivity index (χ4v) is 3.02. The number of nitrogens with zero attached hydrogens (tertiary/aromatic N) is 2. The van der Waals surface area contributed by atoms with Gasteiger partial charge >= 0.3 is 6.18 Å². The quantitative estimate of drug-likeness (QED) is 0.508. The van der Waals surface area contributed by atoms with Crippen molar-refractivity contribution in [3.05, 3.63) is 53.7 Å². The average molecular weight is 448 g/mol. The molecule has 0 bridgehead atoms. The normalized spacial score (nSPS) is 13.6. The van der Waals surface area contributed by atoms with Gasteiger partial charge in [-0.1, -0.05) is 12.1 Å². The smallest absolute Gasteiger partial charge is 0.419 e. The number of alkyl halides is 3. The Morgan fingerprint density at radius 2 is 1.83 bits per heavy atom. The number of likely N-dealkylation sites (tertiary alicyclic amines) is 1. The number of aromatic nitrogens is 1. The van der Waals surface area contributed by atoms with Crippen LogP contribution >= 0.6 is 12.0 Å². The van der Waals surface area contributed by atoms with Gasteiger partial charge in [0.05, 0.1) is 5.56 Å². The molecule has 164 valence electrons. The van der Waals surface area contributed by atoms with Crippen LogP contribution in [0.25, 0.3) is 0 Å². The fourth-order valence-electron chi connectivity index (χ4n) is 2.63. The summed E-state index contributed by atoms with van der Waals surface area (Å²) >= 11 is -0.00882. The van der Waals surface area contributed by atoms with E-state index in [1.807, 2.05) is 4.90 Å². The van der Waals surface area contributed by atoms with E-state index in [4.69, 9.17) is 9.29 Å². The molecule has 2 aromatic rings. The number of rotatable bonds is 6. The van der Waals surface area contributed by atoms with E-state index in [1.54, 1.807) is 24.3 Å². The summed E-state index contributed by atoms with van der Waals surface area (Å²) in [5.41, 5.74) is -0.201. The van der Waals surface area contributed by atoms with Crippen molar-refractivity contribution in [1.82, 2.24) is 9.88 Å². The molecule has 1 aromatic heterocycles. The summed E-state index contributed by atoms with van der Waals surface area (Å²) in [4.78, 5) is 20.4. The second-order valence-corrected chi connectivity index (χ2v) is 6.79. The number of ether oxygens (including phenoxy) is 1. The number of pyridine rings is 1. The Morgan fingerprint density at radius 1 is 1.17 bits per heavy atom. The van der Waals surface area contributed by atoms with Crippen LogP contribution in [0.15, 0.2) is 47.6 Å². The van der Waals surface area contributed by atoms with Crippen molar-refractivity contribution in [2.45, 2.75) is 30.7 Å². The second-order valence-electron chi connectivity index (χ2n) is 6.22. The highest BCUT2D eigenvalue weighted by atomic mass is 32.2. The maximum Gasteiger partial charge on any atom is 0.419 e. The Labute approximate surface area is 174 Å². The number of benzene rings is 1. The molecule has 1 fully saturated rings. The number of halogens is 4. The lowest BCUT2D eigenvalue weighted by molar-refractivity contribution is -0.144. The third-order valence-electron chi connectivity index (χ3n) is 4.13. The Balaban J connectivity index is 0.000000232. The van der Waals surface area contributed by atoms with E-state index in [2.05, 4.69) is 9.93 Å². The van der Waals surface area contributed by atoms with Crippen LogP contribution in [0, 0.1) is 0 Å². The van der Waals surface area contributed by atoms with E-state index in [1.165, 1.54) is 12.3 Å². The summed E-state index contributed by atoms with van der Waals surface area (Å²) in [5, 5.41) is -0.426. The molecule has 0 unspecified atom stereocenters. The SMILES string of the molecule is O=C(COc1ccc(COF)cc1)N1CCCC1.OSc1ncccc1C(F)(F)F. The molecule has 1 saturated heterocycles. The molecule has 1 N–H and O–H groups in total. The maximum absolute atomic E-state index is 12.1. The van der Waals surface area contributed by atoms with Gasteiger partial charge in [-0.25, -0.2) is 4.98 Å². The number of carbonyl (C=O) groups excluding carboxylic acids is 1. The van der Waals surface area contributed by atoms with Gasteiger partial charge in [-0.2, -0.15) is 18.1 Å². The van der Waals surface area contributed by atoms with Gasteiger partial charge in [0.25, 0.3) is 5.91 Å². The second kappa shape index (κ2) is 11.7. The molecular formula is C19H20F4N2O4S. The zero-order chi connectivity index (χ0) is 22.0. The molecule has 2 heterocycles. The van der Waals surface area contributed by atoms with Gasteiger partial charge in [-0.15, -0.1) is 0 Å². The first-order valence-electron chi connectivity index (χ1n) is 8.92. The van der Waals surface area contributed by atoms with Crippen LogP contribution in [-0.2, 0) is 22.5 Å². The first-order valence-corrected chi connectivity index (χ1v) is 9.69. The maximum atomic E-state index is 12.1. The highest BCUT2D eigenvalue weighted by Gasteiger charge is 2.34. The van der Waals surface area contributed by atoms with E-state index in [0.29, 0.717) is 5.75 Å². The molecule has 1 aliphatic rings. The summed E-state index contributed by atoms with van der Waals surface area (Å²) in [6.45, 7) is 1.63. The topological polar surface area (TPSA) is 71.9 Å². The minimum Gasteiger partial charge on any atom is -0.484 e. The Kier molecular flexibility index (Phi) is 9.34. The molecule has 1 aromatic carbocycles. The van der Waals surface area contributed by atoms with Gasteiger partial charge < -0.3 is 14.2 Å². The molecule has 0 radical (unpaired) electrons. The first-order chi connectivity index (χ1) is 14.3. The summed E-state index contributed by atoms with van der Waals surface area (Å²) in [6, 6.07) is 8.84. The predicted molar refractivity (Wildman–Crippen MR) is 101 cm³/mol. The van der Waals surface area contributed by atoms with E-state index in [0.717, 1.165) is 37.6 Å². The molecule has 6 nitrogen and oxygen atoms in total. The fraction of sp³-hybridized carbons (Fsp3) is 0.368. The summed E-state index contributed by atoms with van der Waals surface area (Å²) in [7, 11) is 0. The highest BCUT2D eigenvalue weighted by Crippen LogP contribution is 2.34. The number of amides is 1. The molecule has 30 heavy (non-hydrogen) atoms.